The Labute approximate surface area is 216 Å². The summed E-state index contributed by atoms with van der Waals surface area (Å²) in [5.41, 5.74) is -2.18. The predicted octanol–water partition coefficient (Wildman–Crippen LogP) is 4.15. The van der Waals surface area contributed by atoms with Crippen molar-refractivity contribution in [2.45, 2.75) is 104 Å². The molecule has 0 spiro atoms. The maximum absolute atomic E-state index is 12.8. The number of aliphatic carboxylic acids is 1. The van der Waals surface area contributed by atoms with E-state index >= 15 is 0 Å². The first-order valence-electron chi connectivity index (χ1n) is 14.3. The summed E-state index contributed by atoms with van der Waals surface area (Å²) in [7, 11) is 0. The maximum Gasteiger partial charge on any atom is 0.310 e. The van der Waals surface area contributed by atoms with E-state index in [1.54, 1.807) is 0 Å². The number of aliphatic hydroxyl groups excluding tert-OH is 3. The van der Waals surface area contributed by atoms with Crippen LogP contribution in [-0.2, 0) is 4.79 Å². The monoisotopic (exact) mass is 504 g/mol. The van der Waals surface area contributed by atoms with Gasteiger partial charge in [0.15, 0.2) is 0 Å². The van der Waals surface area contributed by atoms with Gasteiger partial charge < -0.3 is 25.5 Å². The van der Waals surface area contributed by atoms with Crippen LogP contribution in [0.2, 0.25) is 0 Å². The van der Waals surface area contributed by atoms with Crippen LogP contribution in [-0.4, -0.2) is 56.4 Å². The normalized spacial score (nSPS) is 53.8. The number of carboxylic acid groups (broad SMARTS) is 1. The minimum atomic E-state index is -1.08. The molecule has 0 aromatic carbocycles. The van der Waals surface area contributed by atoms with Crippen molar-refractivity contribution in [2.75, 3.05) is 13.2 Å². The van der Waals surface area contributed by atoms with Crippen LogP contribution in [0.15, 0.2) is 11.6 Å². The highest BCUT2D eigenvalue weighted by Crippen LogP contribution is 2.76. The van der Waals surface area contributed by atoms with Gasteiger partial charge in [0.2, 0.25) is 0 Å². The zero-order chi connectivity index (χ0) is 26.5. The molecular weight excluding hydrogens is 456 g/mol. The summed E-state index contributed by atoms with van der Waals surface area (Å²) in [5.74, 6) is -0.796. The van der Waals surface area contributed by atoms with Gasteiger partial charge in [-0.3, -0.25) is 4.79 Å². The Morgan fingerprint density at radius 2 is 1.61 bits per heavy atom. The molecule has 10 atom stereocenters. The molecular formula is C30H48O6. The second kappa shape index (κ2) is 8.03. The van der Waals surface area contributed by atoms with Gasteiger partial charge in [0.25, 0.3) is 0 Å². The third-order valence-corrected chi connectivity index (χ3v) is 13.7. The number of rotatable bonds is 3. The summed E-state index contributed by atoms with van der Waals surface area (Å²) in [5, 5.41) is 54.3. The Bertz CT molecular complexity index is 953. The lowest BCUT2D eigenvalue weighted by Gasteiger charge is -2.72. The number of fused-ring (bicyclic) bond motifs is 7. The van der Waals surface area contributed by atoms with Crippen molar-refractivity contribution < 1.29 is 30.3 Å². The zero-order valence-corrected chi connectivity index (χ0v) is 22.9. The molecule has 0 unspecified atom stereocenters. The van der Waals surface area contributed by atoms with Crippen molar-refractivity contribution in [3.05, 3.63) is 11.6 Å². The fraction of sp³-hybridized carbons (Fsp3) is 0.900. The SMILES string of the molecule is C[C@@H]1CC[C@]2(C(=O)O)CC[C@]3(C)C(=CC[C@@H]4[C@@]5(C)CC[C@H](O)C(CO)(CO)[C@@H]5CC[C@]43C)[C@@H]2[C@]1(C)O. The van der Waals surface area contributed by atoms with Crippen LogP contribution >= 0.6 is 0 Å². The zero-order valence-electron chi connectivity index (χ0n) is 22.9. The molecule has 204 valence electrons. The highest BCUT2D eigenvalue weighted by Gasteiger charge is 2.72. The Morgan fingerprint density at radius 1 is 0.944 bits per heavy atom. The summed E-state index contributed by atoms with van der Waals surface area (Å²) < 4.78 is 0. The number of hydrogen-bond donors (Lipinski definition) is 5. The summed E-state index contributed by atoms with van der Waals surface area (Å²) in [6, 6.07) is 0. The average molecular weight is 505 g/mol. The van der Waals surface area contributed by atoms with Gasteiger partial charge in [-0.1, -0.05) is 39.3 Å². The molecule has 5 rings (SSSR count). The number of carbonyl (C=O) groups is 1. The van der Waals surface area contributed by atoms with Gasteiger partial charge in [0, 0.05) is 11.3 Å². The van der Waals surface area contributed by atoms with Crippen LogP contribution in [0.25, 0.3) is 0 Å². The van der Waals surface area contributed by atoms with E-state index in [0.717, 1.165) is 38.5 Å². The molecule has 6 nitrogen and oxygen atoms in total. The molecule has 0 aliphatic heterocycles. The van der Waals surface area contributed by atoms with Gasteiger partial charge in [-0.05, 0) is 98.7 Å². The lowest BCUT2D eigenvalue weighted by molar-refractivity contribution is -0.235. The smallest absolute Gasteiger partial charge is 0.310 e. The van der Waals surface area contributed by atoms with Crippen molar-refractivity contribution >= 4 is 5.97 Å². The van der Waals surface area contributed by atoms with Crippen LogP contribution in [0.1, 0.15) is 92.4 Å². The van der Waals surface area contributed by atoms with Crippen molar-refractivity contribution in [1.29, 1.82) is 0 Å². The molecule has 0 heterocycles. The minimum Gasteiger partial charge on any atom is -0.481 e. The first-order valence-corrected chi connectivity index (χ1v) is 14.3. The lowest BCUT2D eigenvalue weighted by atomic mass is 9.33. The molecule has 6 heteroatoms. The summed E-state index contributed by atoms with van der Waals surface area (Å²) in [4.78, 5) is 12.8. The van der Waals surface area contributed by atoms with Crippen LogP contribution in [0.3, 0.4) is 0 Å². The van der Waals surface area contributed by atoms with E-state index in [1.807, 2.05) is 6.92 Å². The predicted molar refractivity (Wildman–Crippen MR) is 137 cm³/mol. The van der Waals surface area contributed by atoms with E-state index in [1.165, 1.54) is 5.57 Å². The molecule has 0 aromatic rings. The third-order valence-electron chi connectivity index (χ3n) is 13.7. The van der Waals surface area contributed by atoms with E-state index in [-0.39, 0.29) is 41.3 Å². The molecule has 4 saturated carbocycles. The van der Waals surface area contributed by atoms with Gasteiger partial charge in [0.05, 0.1) is 30.3 Å². The quantitative estimate of drug-likeness (QED) is 0.369. The summed E-state index contributed by atoms with van der Waals surface area (Å²) in [6.45, 7) is 10.6. The Morgan fingerprint density at radius 3 is 2.22 bits per heavy atom. The largest absolute Gasteiger partial charge is 0.481 e. The maximum atomic E-state index is 12.8. The summed E-state index contributed by atoms with van der Waals surface area (Å²) >= 11 is 0. The second-order valence-electron chi connectivity index (χ2n) is 14.5. The van der Waals surface area contributed by atoms with Crippen LogP contribution in [0.4, 0.5) is 0 Å². The van der Waals surface area contributed by atoms with Gasteiger partial charge in [0.1, 0.15) is 0 Å². The number of aliphatic hydroxyl groups is 4. The molecule has 0 amide bonds. The first-order chi connectivity index (χ1) is 16.7. The second-order valence-corrected chi connectivity index (χ2v) is 14.5. The molecule has 0 saturated heterocycles. The number of allylic oxidation sites excluding steroid dienone is 1. The van der Waals surface area contributed by atoms with Crippen LogP contribution in [0.5, 0.6) is 0 Å². The number of carboxylic acids is 1. The standard InChI is InChI=1S/C30H48O6/c1-18-8-13-29(24(34)35)15-14-26(3)19(23(29)28(18,5)36)6-7-20-25(2)11-10-22(33)30(16-31,17-32)21(25)9-12-27(20,26)4/h6,18,20-23,31-33,36H,7-17H2,1-5H3,(H,34,35)/t18-,20-,21-,22+,23-,25-,26-,27-,28-,29+/m1/s1. The fourth-order valence-electron chi connectivity index (χ4n) is 11.0. The van der Waals surface area contributed by atoms with Crippen LogP contribution < -0.4 is 0 Å². The molecule has 0 radical (unpaired) electrons. The van der Waals surface area contributed by atoms with Crippen molar-refractivity contribution in [1.82, 2.24) is 0 Å². The van der Waals surface area contributed by atoms with Gasteiger partial charge in [-0.2, -0.15) is 0 Å². The third kappa shape index (κ3) is 2.91. The van der Waals surface area contributed by atoms with Crippen LogP contribution in [0, 0.1) is 50.7 Å². The Balaban J connectivity index is 1.64. The molecule has 0 aromatic heterocycles. The van der Waals surface area contributed by atoms with Crippen molar-refractivity contribution in [3.8, 4) is 0 Å². The highest BCUT2D eigenvalue weighted by atomic mass is 16.4. The topological polar surface area (TPSA) is 118 Å². The lowest BCUT2D eigenvalue weighted by Crippen LogP contribution is -2.68. The fourth-order valence-corrected chi connectivity index (χ4v) is 11.0. The van der Waals surface area contributed by atoms with Gasteiger partial charge in [-0.15, -0.1) is 0 Å². The van der Waals surface area contributed by atoms with Crippen molar-refractivity contribution in [3.63, 3.8) is 0 Å². The van der Waals surface area contributed by atoms with E-state index in [9.17, 15) is 30.3 Å². The molecule has 5 N–H and O–H groups in total. The molecule has 0 bridgehead atoms. The molecule has 5 aliphatic carbocycles. The van der Waals surface area contributed by atoms with Crippen molar-refractivity contribution in [2.24, 2.45) is 50.7 Å². The van der Waals surface area contributed by atoms with E-state index in [2.05, 4.69) is 33.8 Å². The molecule has 4 fully saturated rings. The highest BCUT2D eigenvalue weighted by molar-refractivity contribution is 5.77. The van der Waals surface area contributed by atoms with E-state index < -0.39 is 34.4 Å². The minimum absolute atomic E-state index is 0.0277. The first kappa shape index (κ1) is 26.6. The summed E-state index contributed by atoms with van der Waals surface area (Å²) in [6.07, 6.45) is 8.31. The molecule has 5 aliphatic rings. The van der Waals surface area contributed by atoms with E-state index in [4.69, 9.17) is 0 Å². The Hall–Kier alpha value is -0.950. The van der Waals surface area contributed by atoms with Gasteiger partial charge >= 0.3 is 5.97 Å². The Kier molecular flexibility index (Phi) is 5.95. The number of hydrogen-bond acceptors (Lipinski definition) is 5. The van der Waals surface area contributed by atoms with Gasteiger partial charge in [-0.25, -0.2) is 0 Å². The van der Waals surface area contributed by atoms with E-state index in [0.29, 0.717) is 25.2 Å². The molecule has 36 heavy (non-hydrogen) atoms. The average Bonchev–Trinajstić information content (AvgIpc) is 2.82.